The third kappa shape index (κ3) is 0.733. The van der Waals surface area contributed by atoms with Gasteiger partial charge in [0.15, 0.2) is 0 Å². The third-order valence-corrected chi connectivity index (χ3v) is 4.93. The maximum Gasteiger partial charge on any atom is 0.223 e. The van der Waals surface area contributed by atoms with Gasteiger partial charge in [0.2, 0.25) is 5.91 Å². The number of hydrogen-bond donors (Lipinski definition) is 1. The molecule has 5 atom stereocenters. The van der Waals surface area contributed by atoms with Crippen LogP contribution < -0.4 is 5.32 Å². The number of rotatable bonds is 0. The predicted octanol–water partition coefficient (Wildman–Crippen LogP) is 1.56. The number of amides is 1. The molecular formula is C11H17NO. The monoisotopic (exact) mass is 179 g/mol. The molecule has 0 radical (unpaired) electrons. The van der Waals surface area contributed by atoms with Gasteiger partial charge in [0, 0.05) is 17.4 Å². The average molecular weight is 179 g/mol. The van der Waals surface area contributed by atoms with Gasteiger partial charge in [0.25, 0.3) is 0 Å². The SMILES string of the molecule is CC1NC(=O)C(C)C12CCC1CC12. The zero-order valence-corrected chi connectivity index (χ0v) is 8.34. The van der Waals surface area contributed by atoms with Crippen molar-refractivity contribution in [1.82, 2.24) is 5.32 Å². The van der Waals surface area contributed by atoms with Gasteiger partial charge in [-0.25, -0.2) is 0 Å². The molecule has 1 spiro atoms. The Labute approximate surface area is 79.1 Å². The lowest BCUT2D eigenvalue weighted by atomic mass is 9.70. The van der Waals surface area contributed by atoms with Crippen LogP contribution in [0.5, 0.6) is 0 Å². The fourth-order valence-corrected chi connectivity index (χ4v) is 4.01. The Morgan fingerprint density at radius 1 is 1.46 bits per heavy atom. The first-order valence-electron chi connectivity index (χ1n) is 5.46. The lowest BCUT2D eigenvalue weighted by Gasteiger charge is -2.33. The summed E-state index contributed by atoms with van der Waals surface area (Å²) in [6.07, 6.45) is 4.04. The van der Waals surface area contributed by atoms with Gasteiger partial charge in [0.05, 0.1) is 0 Å². The van der Waals surface area contributed by atoms with Gasteiger partial charge in [-0.15, -0.1) is 0 Å². The Morgan fingerprint density at radius 2 is 2.23 bits per heavy atom. The van der Waals surface area contributed by atoms with Crippen LogP contribution in [0.15, 0.2) is 0 Å². The molecule has 2 aliphatic carbocycles. The maximum atomic E-state index is 11.6. The quantitative estimate of drug-likeness (QED) is 0.600. The molecule has 13 heavy (non-hydrogen) atoms. The van der Waals surface area contributed by atoms with E-state index < -0.39 is 0 Å². The van der Waals surface area contributed by atoms with Crippen LogP contribution in [0.2, 0.25) is 0 Å². The smallest absolute Gasteiger partial charge is 0.223 e. The van der Waals surface area contributed by atoms with Crippen molar-refractivity contribution in [3.8, 4) is 0 Å². The molecule has 2 saturated carbocycles. The van der Waals surface area contributed by atoms with Gasteiger partial charge in [-0.2, -0.15) is 0 Å². The van der Waals surface area contributed by atoms with E-state index in [2.05, 4.69) is 19.2 Å². The molecule has 0 aromatic carbocycles. The van der Waals surface area contributed by atoms with Crippen molar-refractivity contribution in [2.75, 3.05) is 0 Å². The average Bonchev–Trinajstić information content (AvgIpc) is 2.74. The summed E-state index contributed by atoms with van der Waals surface area (Å²) in [6, 6.07) is 0.424. The van der Waals surface area contributed by atoms with Crippen LogP contribution >= 0.6 is 0 Å². The molecule has 72 valence electrons. The highest BCUT2D eigenvalue weighted by molar-refractivity contribution is 5.82. The molecule has 2 nitrogen and oxygen atoms in total. The third-order valence-electron chi connectivity index (χ3n) is 4.93. The second-order valence-electron chi connectivity index (χ2n) is 5.21. The van der Waals surface area contributed by atoms with E-state index in [9.17, 15) is 4.79 Å². The van der Waals surface area contributed by atoms with Crippen LogP contribution in [0.1, 0.15) is 33.1 Å². The Kier molecular flexibility index (Phi) is 1.27. The van der Waals surface area contributed by atoms with Gasteiger partial charge in [0.1, 0.15) is 0 Å². The van der Waals surface area contributed by atoms with Crippen molar-refractivity contribution in [3.05, 3.63) is 0 Å². The number of fused-ring (bicyclic) bond motifs is 2. The topological polar surface area (TPSA) is 29.1 Å². The number of hydrogen-bond acceptors (Lipinski definition) is 1. The normalized spacial score (nSPS) is 58.2. The summed E-state index contributed by atoms with van der Waals surface area (Å²) in [6.45, 7) is 4.32. The zero-order chi connectivity index (χ0) is 9.22. The highest BCUT2D eigenvalue weighted by Crippen LogP contribution is 2.67. The first-order valence-corrected chi connectivity index (χ1v) is 5.46. The second kappa shape index (κ2) is 2.10. The molecule has 2 heteroatoms. The standard InChI is InChI=1S/C11H17NO/c1-6-10(13)12-7(2)11(6)4-3-8-5-9(8)11/h6-9H,3-5H2,1-2H3,(H,12,13). The van der Waals surface area contributed by atoms with E-state index in [1.54, 1.807) is 0 Å². The molecule has 1 aliphatic heterocycles. The summed E-state index contributed by atoms with van der Waals surface area (Å²) >= 11 is 0. The van der Waals surface area contributed by atoms with E-state index in [0.717, 1.165) is 11.8 Å². The van der Waals surface area contributed by atoms with E-state index in [4.69, 9.17) is 0 Å². The van der Waals surface area contributed by atoms with Crippen LogP contribution in [0.3, 0.4) is 0 Å². The summed E-state index contributed by atoms with van der Waals surface area (Å²) in [7, 11) is 0. The minimum Gasteiger partial charge on any atom is -0.353 e. The highest BCUT2D eigenvalue weighted by atomic mass is 16.2. The number of nitrogens with one attached hydrogen (secondary N) is 1. The summed E-state index contributed by atoms with van der Waals surface area (Å²) in [5.74, 6) is 2.40. The Morgan fingerprint density at radius 3 is 2.62 bits per heavy atom. The van der Waals surface area contributed by atoms with Crippen molar-refractivity contribution >= 4 is 5.91 Å². The molecule has 5 unspecified atom stereocenters. The van der Waals surface area contributed by atoms with Crippen LogP contribution in [0, 0.1) is 23.2 Å². The number of carbonyl (C=O) groups excluding carboxylic acids is 1. The Bertz CT molecular complexity index is 275. The van der Waals surface area contributed by atoms with Crippen molar-refractivity contribution in [2.45, 2.75) is 39.2 Å². The molecule has 3 aliphatic rings. The summed E-state index contributed by atoms with van der Waals surface area (Å²) in [5.41, 5.74) is 0.349. The lowest BCUT2D eigenvalue weighted by Crippen LogP contribution is -2.36. The van der Waals surface area contributed by atoms with E-state index in [-0.39, 0.29) is 5.92 Å². The Balaban J connectivity index is 2.00. The van der Waals surface area contributed by atoms with Gasteiger partial charge in [-0.3, -0.25) is 4.79 Å². The Hall–Kier alpha value is -0.530. The fourth-order valence-electron chi connectivity index (χ4n) is 4.01. The van der Waals surface area contributed by atoms with Crippen LogP contribution in [-0.2, 0) is 4.79 Å². The fraction of sp³-hybridized carbons (Fsp3) is 0.909. The molecule has 3 rings (SSSR count). The van der Waals surface area contributed by atoms with Gasteiger partial charge in [-0.1, -0.05) is 6.92 Å². The van der Waals surface area contributed by atoms with E-state index in [1.807, 2.05) is 0 Å². The second-order valence-corrected chi connectivity index (χ2v) is 5.21. The van der Waals surface area contributed by atoms with Crippen LogP contribution in [0.4, 0.5) is 0 Å². The van der Waals surface area contributed by atoms with Crippen molar-refractivity contribution < 1.29 is 4.79 Å². The largest absolute Gasteiger partial charge is 0.353 e. The summed E-state index contributed by atoms with van der Waals surface area (Å²) in [4.78, 5) is 11.6. The van der Waals surface area contributed by atoms with E-state index >= 15 is 0 Å². The molecule has 1 saturated heterocycles. The summed E-state index contributed by atoms with van der Waals surface area (Å²) < 4.78 is 0. The van der Waals surface area contributed by atoms with E-state index in [1.165, 1.54) is 19.3 Å². The van der Waals surface area contributed by atoms with Crippen molar-refractivity contribution in [3.63, 3.8) is 0 Å². The van der Waals surface area contributed by atoms with Crippen LogP contribution in [-0.4, -0.2) is 11.9 Å². The molecule has 0 aromatic heterocycles. The molecule has 1 heterocycles. The molecule has 3 fully saturated rings. The molecule has 1 amide bonds. The molecular weight excluding hydrogens is 162 g/mol. The minimum atomic E-state index is 0.264. The lowest BCUT2D eigenvalue weighted by molar-refractivity contribution is -0.123. The number of carbonyl (C=O) groups is 1. The zero-order valence-electron chi connectivity index (χ0n) is 8.34. The summed E-state index contributed by atoms with van der Waals surface area (Å²) in [5, 5.41) is 3.12. The van der Waals surface area contributed by atoms with Gasteiger partial charge in [-0.05, 0) is 38.0 Å². The molecule has 0 bridgehead atoms. The first-order chi connectivity index (χ1) is 6.16. The van der Waals surface area contributed by atoms with Gasteiger partial charge < -0.3 is 5.32 Å². The molecule has 0 aromatic rings. The van der Waals surface area contributed by atoms with Crippen LogP contribution in [0.25, 0.3) is 0 Å². The van der Waals surface area contributed by atoms with Crippen molar-refractivity contribution in [1.29, 1.82) is 0 Å². The first kappa shape index (κ1) is 7.84. The van der Waals surface area contributed by atoms with Gasteiger partial charge >= 0.3 is 0 Å². The van der Waals surface area contributed by atoms with E-state index in [0.29, 0.717) is 17.4 Å². The minimum absolute atomic E-state index is 0.264. The molecule has 1 N–H and O–H groups in total. The highest BCUT2D eigenvalue weighted by Gasteiger charge is 2.65. The predicted molar refractivity (Wildman–Crippen MR) is 50.0 cm³/mol. The van der Waals surface area contributed by atoms with Crippen molar-refractivity contribution in [2.24, 2.45) is 23.2 Å². The maximum absolute atomic E-state index is 11.6.